The lowest BCUT2D eigenvalue weighted by molar-refractivity contribution is 0.0748. The first-order chi connectivity index (χ1) is 16.1. The van der Waals surface area contributed by atoms with Gasteiger partial charge in [-0.25, -0.2) is 4.39 Å². The second-order valence-corrected chi connectivity index (χ2v) is 8.59. The third-order valence-corrected chi connectivity index (χ3v) is 6.58. The molecular formula is C25H21FN4O2S. The summed E-state index contributed by atoms with van der Waals surface area (Å²) in [7, 11) is 0. The zero-order valence-corrected chi connectivity index (χ0v) is 18.5. The Kier molecular flexibility index (Phi) is 5.75. The maximum Gasteiger partial charge on any atom is 0.276 e. The molecule has 0 radical (unpaired) electrons. The summed E-state index contributed by atoms with van der Waals surface area (Å²) < 4.78 is 18.4. The molecule has 0 saturated carbocycles. The maximum atomic E-state index is 13.3. The molecular weight excluding hydrogens is 439 g/mol. The van der Waals surface area contributed by atoms with E-state index in [4.69, 9.17) is 0 Å². The molecule has 2 amide bonds. The Hall–Kier alpha value is -3.78. The third kappa shape index (κ3) is 4.29. The van der Waals surface area contributed by atoms with Crippen molar-refractivity contribution in [1.82, 2.24) is 9.27 Å². The number of hydrogen-bond acceptors (Lipinski definition) is 5. The molecule has 3 aromatic carbocycles. The number of fused-ring (bicyclic) bond motifs is 1. The molecule has 1 N–H and O–H groups in total. The molecule has 33 heavy (non-hydrogen) atoms. The first-order valence-electron chi connectivity index (χ1n) is 10.6. The van der Waals surface area contributed by atoms with Crippen molar-refractivity contribution in [2.24, 2.45) is 0 Å². The van der Waals surface area contributed by atoms with Crippen molar-refractivity contribution in [2.75, 3.05) is 36.4 Å². The van der Waals surface area contributed by atoms with E-state index in [0.29, 0.717) is 43.1 Å². The van der Waals surface area contributed by atoms with Gasteiger partial charge in [0.1, 0.15) is 11.5 Å². The molecule has 2 heterocycles. The minimum atomic E-state index is -0.339. The highest BCUT2D eigenvalue weighted by Gasteiger charge is 2.25. The number of nitrogens with one attached hydrogen (secondary N) is 1. The molecule has 0 unspecified atom stereocenters. The van der Waals surface area contributed by atoms with Crippen LogP contribution in [0.3, 0.4) is 0 Å². The largest absolute Gasteiger partial charge is 0.368 e. The lowest BCUT2D eigenvalue weighted by atomic mass is 10.1. The summed E-state index contributed by atoms with van der Waals surface area (Å²) in [4.78, 5) is 30.1. The van der Waals surface area contributed by atoms with Crippen LogP contribution in [0.2, 0.25) is 0 Å². The minimum Gasteiger partial charge on any atom is -0.368 e. The van der Waals surface area contributed by atoms with E-state index in [-0.39, 0.29) is 17.6 Å². The van der Waals surface area contributed by atoms with Crippen LogP contribution in [0.15, 0.2) is 72.8 Å². The number of hydrogen-bond donors (Lipinski definition) is 1. The third-order valence-electron chi connectivity index (χ3n) is 5.76. The minimum absolute atomic E-state index is 0.132. The first-order valence-corrected chi connectivity index (χ1v) is 11.4. The monoisotopic (exact) mass is 460 g/mol. The molecule has 5 rings (SSSR count). The smallest absolute Gasteiger partial charge is 0.276 e. The van der Waals surface area contributed by atoms with Crippen molar-refractivity contribution in [3.63, 3.8) is 0 Å². The van der Waals surface area contributed by atoms with Gasteiger partial charge in [0.15, 0.2) is 0 Å². The summed E-state index contributed by atoms with van der Waals surface area (Å²) in [5.74, 6) is -0.738. The number of aromatic nitrogens is 1. The number of anilines is 2. The van der Waals surface area contributed by atoms with E-state index in [0.717, 1.165) is 15.8 Å². The van der Waals surface area contributed by atoms with Gasteiger partial charge in [-0.15, -0.1) is 0 Å². The van der Waals surface area contributed by atoms with E-state index < -0.39 is 0 Å². The van der Waals surface area contributed by atoms with Crippen LogP contribution in [0.4, 0.5) is 15.8 Å². The van der Waals surface area contributed by atoms with Gasteiger partial charge in [-0.2, -0.15) is 4.37 Å². The van der Waals surface area contributed by atoms with Crippen LogP contribution in [0, 0.1) is 5.82 Å². The Morgan fingerprint density at radius 2 is 1.58 bits per heavy atom. The number of nitrogens with zero attached hydrogens (tertiary/aromatic N) is 3. The highest BCUT2D eigenvalue weighted by Crippen LogP contribution is 2.25. The van der Waals surface area contributed by atoms with E-state index in [2.05, 4.69) is 14.6 Å². The topological polar surface area (TPSA) is 65.5 Å². The van der Waals surface area contributed by atoms with Crippen LogP contribution in [-0.4, -0.2) is 47.3 Å². The molecule has 0 spiro atoms. The quantitative estimate of drug-likeness (QED) is 0.482. The summed E-state index contributed by atoms with van der Waals surface area (Å²) in [6.45, 7) is 2.37. The van der Waals surface area contributed by atoms with Gasteiger partial charge in [0.05, 0.1) is 16.0 Å². The number of halogens is 1. The van der Waals surface area contributed by atoms with Crippen LogP contribution in [0.1, 0.15) is 20.8 Å². The van der Waals surface area contributed by atoms with Gasteiger partial charge in [-0.3, -0.25) is 9.59 Å². The molecule has 4 aromatic rings. The van der Waals surface area contributed by atoms with E-state index in [1.807, 2.05) is 24.3 Å². The molecule has 1 aliphatic heterocycles. The second kappa shape index (κ2) is 8.99. The normalized spacial score (nSPS) is 13.8. The van der Waals surface area contributed by atoms with Crippen LogP contribution in [0.5, 0.6) is 0 Å². The van der Waals surface area contributed by atoms with Crippen molar-refractivity contribution >= 4 is 44.8 Å². The fourth-order valence-corrected chi connectivity index (χ4v) is 4.77. The molecule has 1 fully saturated rings. The molecule has 166 valence electrons. The molecule has 8 heteroatoms. The van der Waals surface area contributed by atoms with Crippen molar-refractivity contribution in [2.45, 2.75) is 0 Å². The number of amides is 2. The SMILES string of the molecule is O=C(Nc1ccccc1C(=O)N1CCN(c2ccc(F)cc2)CC1)c1nsc2ccccc12. The van der Waals surface area contributed by atoms with Crippen molar-refractivity contribution in [3.8, 4) is 0 Å². The number of carbonyl (C=O) groups excluding carboxylic acids is 2. The molecule has 1 aromatic heterocycles. The Morgan fingerprint density at radius 3 is 2.36 bits per heavy atom. The summed E-state index contributed by atoms with van der Waals surface area (Å²) in [5, 5.41) is 3.67. The second-order valence-electron chi connectivity index (χ2n) is 7.78. The lowest BCUT2D eigenvalue weighted by Gasteiger charge is -2.36. The van der Waals surface area contributed by atoms with Gasteiger partial charge < -0.3 is 15.1 Å². The molecule has 0 bridgehead atoms. The zero-order chi connectivity index (χ0) is 22.8. The summed E-state index contributed by atoms with van der Waals surface area (Å²) in [6, 6.07) is 21.0. The maximum absolute atomic E-state index is 13.3. The zero-order valence-electron chi connectivity index (χ0n) is 17.7. The Balaban J connectivity index is 1.30. The van der Waals surface area contributed by atoms with Gasteiger partial charge >= 0.3 is 0 Å². The van der Waals surface area contributed by atoms with Crippen molar-refractivity contribution in [1.29, 1.82) is 0 Å². The van der Waals surface area contributed by atoms with E-state index in [1.165, 1.54) is 23.7 Å². The highest BCUT2D eigenvalue weighted by molar-refractivity contribution is 7.13. The van der Waals surface area contributed by atoms with Gasteiger partial charge in [-0.05, 0) is 54.0 Å². The lowest BCUT2D eigenvalue weighted by Crippen LogP contribution is -2.49. The van der Waals surface area contributed by atoms with Crippen LogP contribution in [-0.2, 0) is 0 Å². The van der Waals surface area contributed by atoms with E-state index in [9.17, 15) is 14.0 Å². The number of rotatable bonds is 4. The van der Waals surface area contributed by atoms with Crippen molar-refractivity contribution in [3.05, 3.63) is 89.9 Å². The fraction of sp³-hybridized carbons (Fsp3) is 0.160. The standard InChI is InChI=1S/C25H21FN4O2S/c26-17-9-11-18(12-10-17)29-13-15-30(16-14-29)25(32)19-5-1-3-7-21(19)27-24(31)23-20-6-2-4-8-22(20)33-28-23/h1-12H,13-16H2,(H,27,31). The van der Waals surface area contributed by atoms with Gasteiger partial charge in [-0.1, -0.05) is 30.3 Å². The Bertz CT molecular complexity index is 1310. The number of benzene rings is 3. The number of para-hydroxylation sites is 1. The van der Waals surface area contributed by atoms with Gasteiger partial charge in [0, 0.05) is 37.3 Å². The van der Waals surface area contributed by atoms with E-state index >= 15 is 0 Å². The molecule has 0 aliphatic carbocycles. The van der Waals surface area contributed by atoms with Gasteiger partial charge in [0.25, 0.3) is 11.8 Å². The molecule has 6 nitrogen and oxygen atoms in total. The van der Waals surface area contributed by atoms with Crippen molar-refractivity contribution < 1.29 is 14.0 Å². The molecule has 1 saturated heterocycles. The number of piperazine rings is 1. The first kappa shape index (κ1) is 21.1. The van der Waals surface area contributed by atoms with Crippen LogP contribution >= 0.6 is 11.5 Å². The highest BCUT2D eigenvalue weighted by atomic mass is 32.1. The predicted molar refractivity (Wildman–Crippen MR) is 129 cm³/mol. The summed E-state index contributed by atoms with van der Waals surface area (Å²) in [6.07, 6.45) is 0. The fourth-order valence-electron chi connectivity index (χ4n) is 4.00. The predicted octanol–water partition coefficient (Wildman–Crippen LogP) is 4.65. The van der Waals surface area contributed by atoms with Crippen LogP contribution in [0.25, 0.3) is 10.1 Å². The molecule has 1 aliphatic rings. The van der Waals surface area contributed by atoms with Crippen LogP contribution < -0.4 is 10.2 Å². The Morgan fingerprint density at radius 1 is 0.879 bits per heavy atom. The summed E-state index contributed by atoms with van der Waals surface area (Å²) in [5.41, 5.74) is 2.20. The average molecular weight is 461 g/mol. The number of carbonyl (C=O) groups is 2. The molecule has 0 atom stereocenters. The summed E-state index contributed by atoms with van der Waals surface area (Å²) >= 11 is 1.27. The Labute approximate surface area is 194 Å². The van der Waals surface area contributed by atoms with E-state index in [1.54, 1.807) is 41.3 Å². The average Bonchev–Trinajstić information content (AvgIpc) is 3.29. The van der Waals surface area contributed by atoms with Gasteiger partial charge in [0.2, 0.25) is 0 Å².